The smallest absolute Gasteiger partial charge is 0.0953 e. The minimum atomic E-state index is 0. The SMILES string of the molecule is CC1(C)COC(c2ccccc2)CN1Cc1cccc(N)c1.Cl. The zero-order valence-corrected chi connectivity index (χ0v) is 14.6. The highest BCUT2D eigenvalue weighted by molar-refractivity contribution is 5.85. The molecule has 3 nitrogen and oxygen atoms in total. The molecule has 0 saturated carbocycles. The number of ether oxygens (including phenoxy) is 1. The molecule has 0 aromatic heterocycles. The Morgan fingerprint density at radius 3 is 2.57 bits per heavy atom. The van der Waals surface area contributed by atoms with Crippen LogP contribution in [0, 0.1) is 0 Å². The first-order chi connectivity index (χ1) is 10.5. The molecule has 0 spiro atoms. The van der Waals surface area contributed by atoms with Crippen molar-refractivity contribution >= 4 is 18.1 Å². The molecule has 2 aromatic carbocycles. The third-order valence-corrected chi connectivity index (χ3v) is 4.38. The number of anilines is 1. The third-order valence-electron chi connectivity index (χ3n) is 4.38. The first-order valence-electron chi connectivity index (χ1n) is 7.81. The molecule has 0 amide bonds. The normalized spacial score (nSPS) is 20.7. The number of nitrogen functional groups attached to an aromatic ring is 1. The van der Waals surface area contributed by atoms with Crippen molar-refractivity contribution in [3.63, 3.8) is 0 Å². The predicted octanol–water partition coefficient (Wildman–Crippen LogP) is 4.04. The van der Waals surface area contributed by atoms with Crippen LogP contribution >= 0.6 is 12.4 Å². The highest BCUT2D eigenvalue weighted by atomic mass is 35.5. The second-order valence-corrected chi connectivity index (χ2v) is 6.65. The van der Waals surface area contributed by atoms with Crippen LogP contribution in [0.4, 0.5) is 5.69 Å². The number of halogens is 1. The average Bonchev–Trinajstić information content (AvgIpc) is 2.50. The Kier molecular flexibility index (Phi) is 5.69. The molecule has 1 atom stereocenters. The molecule has 2 N–H and O–H groups in total. The molecule has 0 bridgehead atoms. The number of hydrogen-bond acceptors (Lipinski definition) is 3. The lowest BCUT2D eigenvalue weighted by atomic mass is 9.97. The highest BCUT2D eigenvalue weighted by Gasteiger charge is 2.35. The van der Waals surface area contributed by atoms with Crippen LogP contribution in [0.15, 0.2) is 54.6 Å². The van der Waals surface area contributed by atoms with E-state index in [-0.39, 0.29) is 24.0 Å². The van der Waals surface area contributed by atoms with Crippen LogP contribution < -0.4 is 5.73 Å². The molecule has 1 heterocycles. The molecule has 4 heteroatoms. The Hall–Kier alpha value is -1.55. The lowest BCUT2D eigenvalue weighted by Gasteiger charge is -2.45. The van der Waals surface area contributed by atoms with Crippen LogP contribution in [0.2, 0.25) is 0 Å². The van der Waals surface area contributed by atoms with Gasteiger partial charge >= 0.3 is 0 Å². The molecule has 0 radical (unpaired) electrons. The quantitative estimate of drug-likeness (QED) is 0.862. The molecule has 1 saturated heterocycles. The van der Waals surface area contributed by atoms with Crippen LogP contribution in [-0.2, 0) is 11.3 Å². The molecule has 2 aromatic rings. The zero-order valence-electron chi connectivity index (χ0n) is 13.7. The van der Waals surface area contributed by atoms with Gasteiger partial charge in [0.25, 0.3) is 0 Å². The minimum absolute atomic E-state index is 0. The number of nitrogens with zero attached hydrogens (tertiary/aromatic N) is 1. The van der Waals surface area contributed by atoms with Gasteiger partial charge in [-0.15, -0.1) is 12.4 Å². The zero-order chi connectivity index (χ0) is 15.6. The summed E-state index contributed by atoms with van der Waals surface area (Å²) in [5.74, 6) is 0. The molecule has 23 heavy (non-hydrogen) atoms. The maximum atomic E-state index is 6.10. The van der Waals surface area contributed by atoms with Crippen molar-refractivity contribution in [2.24, 2.45) is 0 Å². The standard InChI is InChI=1S/C19H24N2O.ClH/c1-19(2)14-22-18(16-8-4-3-5-9-16)13-21(19)12-15-7-6-10-17(20)11-15;/h3-11,18H,12-14,20H2,1-2H3;1H. The topological polar surface area (TPSA) is 38.5 Å². The molecular weight excluding hydrogens is 308 g/mol. The van der Waals surface area contributed by atoms with E-state index >= 15 is 0 Å². The van der Waals surface area contributed by atoms with Gasteiger partial charge in [0.05, 0.1) is 12.7 Å². The lowest BCUT2D eigenvalue weighted by Crippen LogP contribution is -2.53. The Morgan fingerprint density at radius 1 is 1.13 bits per heavy atom. The summed E-state index contributed by atoms with van der Waals surface area (Å²) in [6.45, 7) is 6.99. The van der Waals surface area contributed by atoms with Crippen molar-refractivity contribution in [3.05, 3.63) is 65.7 Å². The van der Waals surface area contributed by atoms with Gasteiger partial charge in [0, 0.05) is 24.3 Å². The van der Waals surface area contributed by atoms with Gasteiger partial charge < -0.3 is 10.5 Å². The number of benzene rings is 2. The maximum absolute atomic E-state index is 6.10. The van der Waals surface area contributed by atoms with Gasteiger partial charge in [-0.05, 0) is 37.1 Å². The molecule has 1 aliphatic rings. The fourth-order valence-corrected chi connectivity index (χ4v) is 2.96. The third kappa shape index (κ3) is 4.25. The summed E-state index contributed by atoms with van der Waals surface area (Å²) in [6.07, 6.45) is 0.135. The van der Waals surface area contributed by atoms with E-state index in [1.807, 2.05) is 18.2 Å². The van der Waals surface area contributed by atoms with Crippen molar-refractivity contribution in [2.45, 2.75) is 32.0 Å². The summed E-state index contributed by atoms with van der Waals surface area (Å²) < 4.78 is 6.10. The van der Waals surface area contributed by atoms with Gasteiger partial charge in [-0.3, -0.25) is 4.90 Å². The van der Waals surface area contributed by atoms with E-state index in [9.17, 15) is 0 Å². The van der Waals surface area contributed by atoms with Crippen molar-refractivity contribution in [1.29, 1.82) is 0 Å². The number of nitrogens with two attached hydrogens (primary N) is 1. The van der Waals surface area contributed by atoms with E-state index in [1.165, 1.54) is 11.1 Å². The van der Waals surface area contributed by atoms with Gasteiger partial charge in [-0.1, -0.05) is 42.5 Å². The highest BCUT2D eigenvalue weighted by Crippen LogP contribution is 2.31. The first kappa shape index (κ1) is 17.8. The summed E-state index contributed by atoms with van der Waals surface area (Å²) in [7, 11) is 0. The molecule has 3 rings (SSSR count). The van der Waals surface area contributed by atoms with E-state index in [0.717, 1.165) is 25.4 Å². The molecule has 124 valence electrons. The van der Waals surface area contributed by atoms with Crippen LogP contribution in [0.1, 0.15) is 31.1 Å². The summed E-state index contributed by atoms with van der Waals surface area (Å²) in [6, 6.07) is 18.6. The molecule has 0 aliphatic carbocycles. The van der Waals surface area contributed by atoms with Crippen molar-refractivity contribution in [1.82, 2.24) is 4.90 Å². The van der Waals surface area contributed by atoms with Crippen LogP contribution in [0.3, 0.4) is 0 Å². The van der Waals surface area contributed by atoms with Crippen LogP contribution in [-0.4, -0.2) is 23.6 Å². The van der Waals surface area contributed by atoms with Crippen molar-refractivity contribution in [2.75, 3.05) is 18.9 Å². The van der Waals surface area contributed by atoms with E-state index in [4.69, 9.17) is 10.5 Å². The van der Waals surface area contributed by atoms with E-state index < -0.39 is 0 Å². The number of hydrogen-bond donors (Lipinski definition) is 1. The van der Waals surface area contributed by atoms with Gasteiger partial charge in [-0.2, -0.15) is 0 Å². The van der Waals surface area contributed by atoms with Crippen molar-refractivity contribution < 1.29 is 4.74 Å². The minimum Gasteiger partial charge on any atom is -0.399 e. The molecule has 1 unspecified atom stereocenters. The molecule has 1 aliphatic heterocycles. The van der Waals surface area contributed by atoms with Crippen LogP contribution in [0.5, 0.6) is 0 Å². The fraction of sp³-hybridized carbons (Fsp3) is 0.368. The Bertz CT molecular complexity index is 630. The van der Waals surface area contributed by atoms with Gasteiger partial charge in [0.15, 0.2) is 0 Å². The Labute approximate surface area is 144 Å². The van der Waals surface area contributed by atoms with Crippen LogP contribution in [0.25, 0.3) is 0 Å². The fourth-order valence-electron chi connectivity index (χ4n) is 2.96. The average molecular weight is 333 g/mol. The Morgan fingerprint density at radius 2 is 1.87 bits per heavy atom. The summed E-state index contributed by atoms with van der Waals surface area (Å²) in [5, 5.41) is 0. The first-order valence-corrected chi connectivity index (χ1v) is 7.81. The van der Waals surface area contributed by atoms with Crippen molar-refractivity contribution in [3.8, 4) is 0 Å². The summed E-state index contributed by atoms with van der Waals surface area (Å²) >= 11 is 0. The maximum Gasteiger partial charge on any atom is 0.0953 e. The largest absolute Gasteiger partial charge is 0.399 e. The van der Waals surface area contributed by atoms with Gasteiger partial charge in [-0.25, -0.2) is 0 Å². The summed E-state index contributed by atoms with van der Waals surface area (Å²) in [4.78, 5) is 2.49. The second-order valence-electron chi connectivity index (χ2n) is 6.65. The molecule has 1 fully saturated rings. The predicted molar refractivity (Wildman–Crippen MR) is 97.7 cm³/mol. The Balaban J connectivity index is 0.00000192. The monoisotopic (exact) mass is 332 g/mol. The number of morpholine rings is 1. The van der Waals surface area contributed by atoms with E-state index in [0.29, 0.717) is 0 Å². The van der Waals surface area contributed by atoms with Gasteiger partial charge in [0.1, 0.15) is 0 Å². The van der Waals surface area contributed by atoms with E-state index in [1.54, 1.807) is 0 Å². The second kappa shape index (κ2) is 7.35. The van der Waals surface area contributed by atoms with E-state index in [2.05, 4.69) is 55.1 Å². The summed E-state index contributed by atoms with van der Waals surface area (Å²) in [5.41, 5.74) is 9.25. The molecular formula is C19H25ClN2O. The lowest BCUT2D eigenvalue weighted by molar-refractivity contribution is -0.104. The van der Waals surface area contributed by atoms with Gasteiger partial charge in [0.2, 0.25) is 0 Å². The number of rotatable bonds is 3.